The molecule has 0 amide bonds. The largest absolute Gasteiger partial charge is 0.458 e. The van der Waals surface area contributed by atoms with E-state index < -0.39 is 5.41 Å². The lowest BCUT2D eigenvalue weighted by Crippen LogP contribution is -2.55. The Morgan fingerprint density at radius 3 is 2.16 bits per heavy atom. The lowest BCUT2D eigenvalue weighted by molar-refractivity contribution is -0.197. The Hall–Kier alpha value is -0.790. The molecule has 6 atom stereocenters. The van der Waals surface area contributed by atoms with Crippen molar-refractivity contribution in [3.05, 3.63) is 11.6 Å². The number of ether oxygens (including phenoxy) is 1. The van der Waals surface area contributed by atoms with E-state index in [2.05, 4.69) is 61.5 Å². The fourth-order valence-electron chi connectivity index (χ4n) is 5.19. The molecule has 0 heterocycles. The normalized spacial score (nSPS) is 37.8. The molecule has 2 aliphatic carbocycles. The average Bonchev–Trinajstić information content (AvgIpc) is 2.42. The first-order chi connectivity index (χ1) is 11.3. The van der Waals surface area contributed by atoms with Crippen LogP contribution in [-0.2, 0) is 9.53 Å². The van der Waals surface area contributed by atoms with Crippen LogP contribution in [-0.4, -0.2) is 11.6 Å². The molecule has 25 heavy (non-hydrogen) atoms. The van der Waals surface area contributed by atoms with E-state index in [0.29, 0.717) is 11.8 Å². The number of carbonyl (C=O) groups excluding carboxylic acids is 1. The zero-order valence-electron chi connectivity index (χ0n) is 18.0. The molecule has 0 aliphatic heterocycles. The summed E-state index contributed by atoms with van der Waals surface area (Å²) >= 11 is 0. The van der Waals surface area contributed by atoms with Crippen LogP contribution in [0.25, 0.3) is 0 Å². The predicted molar refractivity (Wildman–Crippen MR) is 105 cm³/mol. The van der Waals surface area contributed by atoms with Crippen molar-refractivity contribution < 1.29 is 9.53 Å². The molecule has 0 aromatic carbocycles. The smallest absolute Gasteiger partial charge is 0.316 e. The predicted octanol–water partition coefficient (Wildman–Crippen LogP) is 6.40. The summed E-state index contributed by atoms with van der Waals surface area (Å²) in [4.78, 5) is 13.4. The van der Waals surface area contributed by atoms with Crippen LogP contribution in [0.3, 0.4) is 0 Å². The number of rotatable bonds is 3. The average molecular weight is 349 g/mol. The zero-order chi connectivity index (χ0) is 19.2. The van der Waals surface area contributed by atoms with E-state index in [-0.39, 0.29) is 17.0 Å². The van der Waals surface area contributed by atoms with Crippen molar-refractivity contribution in [2.75, 3.05) is 0 Å². The summed E-state index contributed by atoms with van der Waals surface area (Å²) in [5.41, 5.74) is 0.0520. The molecule has 0 aromatic heterocycles. The topological polar surface area (TPSA) is 26.3 Å². The Labute approximate surface area is 155 Å². The first-order valence-electron chi connectivity index (χ1n) is 10.2. The maximum absolute atomic E-state index is 13.4. The third kappa shape index (κ3) is 3.83. The van der Waals surface area contributed by atoms with E-state index in [9.17, 15) is 4.79 Å². The highest BCUT2D eigenvalue weighted by molar-refractivity contribution is 5.80. The van der Waals surface area contributed by atoms with Gasteiger partial charge in [0.15, 0.2) is 0 Å². The molecule has 2 aliphatic rings. The van der Waals surface area contributed by atoms with E-state index in [0.717, 1.165) is 11.8 Å². The minimum Gasteiger partial charge on any atom is -0.458 e. The van der Waals surface area contributed by atoms with E-state index in [1.54, 1.807) is 0 Å². The van der Waals surface area contributed by atoms with Gasteiger partial charge >= 0.3 is 5.97 Å². The van der Waals surface area contributed by atoms with Crippen molar-refractivity contribution in [2.45, 2.75) is 93.6 Å². The Morgan fingerprint density at radius 1 is 1.04 bits per heavy atom. The molecule has 2 heteroatoms. The van der Waals surface area contributed by atoms with E-state index >= 15 is 0 Å². The molecular weight excluding hydrogens is 308 g/mol. The van der Waals surface area contributed by atoms with Gasteiger partial charge in [0.05, 0.1) is 5.41 Å². The molecule has 0 saturated heterocycles. The number of fused-ring (bicyclic) bond motifs is 2. The van der Waals surface area contributed by atoms with Gasteiger partial charge in [0, 0.05) is 0 Å². The van der Waals surface area contributed by atoms with Crippen LogP contribution in [0.1, 0.15) is 88.0 Å². The molecule has 144 valence electrons. The van der Waals surface area contributed by atoms with Gasteiger partial charge in [0.25, 0.3) is 0 Å². The molecule has 0 radical (unpaired) electrons. The summed E-state index contributed by atoms with van der Waals surface area (Å²) in [5, 5.41) is 0. The van der Waals surface area contributed by atoms with Crippen LogP contribution in [0.2, 0.25) is 0 Å². The fraction of sp³-hybridized carbons (Fsp3) is 0.870. The SMILES string of the molecule is CC(C)=CC(C)(C(=O)OC1(C)C(C)CC2CC(C)CC1C2)C(C)(C)C. The number of allylic oxidation sites excluding steroid dienone is 1. The maximum Gasteiger partial charge on any atom is 0.316 e. The number of hydrogen-bond donors (Lipinski definition) is 0. The van der Waals surface area contributed by atoms with Crippen molar-refractivity contribution in [2.24, 2.45) is 34.5 Å². The lowest BCUT2D eigenvalue weighted by atomic mass is 9.58. The van der Waals surface area contributed by atoms with Crippen LogP contribution in [0, 0.1) is 34.5 Å². The molecule has 0 spiro atoms. The van der Waals surface area contributed by atoms with E-state index in [1.807, 2.05) is 6.92 Å². The highest BCUT2D eigenvalue weighted by Crippen LogP contribution is 2.53. The van der Waals surface area contributed by atoms with Crippen LogP contribution in [0.15, 0.2) is 11.6 Å². The van der Waals surface area contributed by atoms with E-state index in [4.69, 9.17) is 4.74 Å². The Kier molecular flexibility index (Phi) is 5.53. The highest BCUT2D eigenvalue weighted by atomic mass is 16.6. The van der Waals surface area contributed by atoms with Crippen molar-refractivity contribution in [1.29, 1.82) is 0 Å². The van der Waals surface area contributed by atoms with Gasteiger partial charge in [-0.2, -0.15) is 0 Å². The summed E-state index contributed by atoms with van der Waals surface area (Å²) in [6.07, 6.45) is 7.08. The molecule has 2 nitrogen and oxygen atoms in total. The Balaban J connectivity index is 2.31. The van der Waals surface area contributed by atoms with Crippen molar-refractivity contribution in [3.63, 3.8) is 0 Å². The molecular formula is C23H40O2. The van der Waals surface area contributed by atoms with Crippen molar-refractivity contribution in [3.8, 4) is 0 Å². The molecule has 2 saturated carbocycles. The number of hydrogen-bond acceptors (Lipinski definition) is 2. The quantitative estimate of drug-likeness (QED) is 0.436. The minimum absolute atomic E-state index is 0.0489. The molecule has 0 aromatic rings. The second-order valence-corrected chi connectivity index (χ2v) is 10.8. The van der Waals surface area contributed by atoms with Gasteiger partial charge in [-0.3, -0.25) is 4.79 Å². The zero-order valence-corrected chi connectivity index (χ0v) is 18.0. The summed E-state index contributed by atoms with van der Waals surface area (Å²) in [6, 6.07) is 0. The van der Waals surface area contributed by atoms with Gasteiger partial charge in [-0.05, 0) is 82.5 Å². The third-order valence-electron chi connectivity index (χ3n) is 7.39. The molecule has 2 bridgehead atoms. The van der Waals surface area contributed by atoms with E-state index in [1.165, 1.54) is 31.3 Å². The van der Waals surface area contributed by atoms with Crippen LogP contribution in [0.5, 0.6) is 0 Å². The molecule has 6 unspecified atom stereocenters. The van der Waals surface area contributed by atoms with Crippen molar-refractivity contribution >= 4 is 5.97 Å². The van der Waals surface area contributed by atoms with Crippen LogP contribution in [0.4, 0.5) is 0 Å². The van der Waals surface area contributed by atoms with Crippen LogP contribution >= 0.6 is 0 Å². The Bertz CT molecular complexity index is 533. The first-order valence-corrected chi connectivity index (χ1v) is 10.2. The van der Waals surface area contributed by atoms with Gasteiger partial charge in [-0.25, -0.2) is 0 Å². The minimum atomic E-state index is -0.605. The standard InChI is InChI=1S/C23H40O2/c1-15(2)14-22(8,21(5,6)7)20(24)25-23(9)17(4)12-18-10-16(3)11-19(23)13-18/h14,16-19H,10-13H2,1-9H3. The monoisotopic (exact) mass is 348 g/mol. The summed E-state index contributed by atoms with van der Waals surface area (Å²) in [5.74, 6) is 2.46. The highest BCUT2D eigenvalue weighted by Gasteiger charge is 2.53. The van der Waals surface area contributed by atoms with Gasteiger partial charge in [0.2, 0.25) is 0 Å². The van der Waals surface area contributed by atoms with Gasteiger partial charge in [-0.15, -0.1) is 0 Å². The Morgan fingerprint density at radius 2 is 1.64 bits per heavy atom. The maximum atomic E-state index is 13.4. The summed E-state index contributed by atoms with van der Waals surface area (Å²) < 4.78 is 6.43. The lowest BCUT2D eigenvalue weighted by Gasteiger charge is -2.53. The van der Waals surface area contributed by atoms with Crippen molar-refractivity contribution in [1.82, 2.24) is 0 Å². The summed E-state index contributed by atoms with van der Waals surface area (Å²) in [6.45, 7) is 19.4. The van der Waals surface area contributed by atoms with Gasteiger partial charge in [0.1, 0.15) is 5.60 Å². The molecule has 2 rings (SSSR count). The molecule has 2 fully saturated rings. The first kappa shape index (κ1) is 20.5. The number of carbonyl (C=O) groups is 1. The third-order valence-corrected chi connectivity index (χ3v) is 7.39. The second-order valence-electron chi connectivity index (χ2n) is 10.8. The molecule has 0 N–H and O–H groups in total. The summed E-state index contributed by atoms with van der Waals surface area (Å²) in [7, 11) is 0. The van der Waals surface area contributed by atoms with Gasteiger partial charge in [-0.1, -0.05) is 46.3 Å². The van der Waals surface area contributed by atoms with Gasteiger partial charge < -0.3 is 4.74 Å². The second kappa shape index (κ2) is 6.74. The fourth-order valence-corrected chi connectivity index (χ4v) is 5.19. The van der Waals surface area contributed by atoms with Crippen LogP contribution < -0.4 is 0 Å². The number of esters is 1.